The number of anilines is 1. The number of aromatic nitrogens is 3. The van der Waals surface area contributed by atoms with Crippen LogP contribution in [0.25, 0.3) is 0 Å². The number of rotatable bonds is 7. The fourth-order valence-electron chi connectivity index (χ4n) is 1.99. The molecule has 0 saturated heterocycles. The summed E-state index contributed by atoms with van der Waals surface area (Å²) in [5.41, 5.74) is 5.82. The van der Waals surface area contributed by atoms with Crippen molar-refractivity contribution in [3.05, 3.63) is 40.3 Å². The number of carbonyl (C=O) groups excluding carboxylic acids is 2. The predicted octanol–water partition coefficient (Wildman–Crippen LogP) is 1.20. The van der Waals surface area contributed by atoms with E-state index in [-0.39, 0.29) is 11.6 Å². The number of nitrogens with one attached hydrogen (secondary N) is 2. The molecule has 0 unspecified atom stereocenters. The summed E-state index contributed by atoms with van der Waals surface area (Å²) in [4.78, 5) is 34.9. The number of benzene rings is 1. The lowest BCUT2D eigenvalue weighted by Crippen LogP contribution is -2.24. The average molecular weight is 349 g/mol. The van der Waals surface area contributed by atoms with Gasteiger partial charge in [0.2, 0.25) is 11.8 Å². The normalized spacial score (nSPS) is 11.9. The molecule has 0 saturated carbocycles. The molecule has 1 heterocycles. The number of hydrogen-bond acceptors (Lipinski definition) is 5. The van der Waals surface area contributed by atoms with E-state index in [1.807, 2.05) is 6.92 Å². The molecule has 1 atom stereocenters. The van der Waals surface area contributed by atoms with E-state index in [1.165, 1.54) is 16.3 Å². The van der Waals surface area contributed by atoms with Crippen molar-refractivity contribution in [2.24, 2.45) is 5.73 Å². The highest BCUT2D eigenvalue weighted by molar-refractivity contribution is 8.00. The second-order valence-electron chi connectivity index (χ2n) is 5.15. The molecule has 8 nitrogen and oxygen atoms in total. The van der Waals surface area contributed by atoms with E-state index >= 15 is 0 Å². The molecule has 128 valence electrons. The number of aromatic amines is 1. The lowest BCUT2D eigenvalue weighted by Gasteiger charge is -2.12. The van der Waals surface area contributed by atoms with Gasteiger partial charge >= 0.3 is 5.69 Å². The first-order chi connectivity index (χ1) is 11.4. The Morgan fingerprint density at radius 1 is 1.38 bits per heavy atom. The summed E-state index contributed by atoms with van der Waals surface area (Å²) in [6.45, 7) is 4.23. The number of nitrogens with two attached hydrogens (primary N) is 1. The van der Waals surface area contributed by atoms with Gasteiger partial charge in [0.15, 0.2) is 5.16 Å². The molecule has 1 aromatic carbocycles. The first-order valence-corrected chi connectivity index (χ1v) is 8.33. The molecular weight excluding hydrogens is 330 g/mol. The van der Waals surface area contributed by atoms with E-state index in [0.29, 0.717) is 23.0 Å². The van der Waals surface area contributed by atoms with Gasteiger partial charge in [-0.05, 0) is 37.6 Å². The Kier molecular flexibility index (Phi) is 5.80. The smallest absolute Gasteiger partial charge is 0.343 e. The third-order valence-corrected chi connectivity index (χ3v) is 4.35. The van der Waals surface area contributed by atoms with Gasteiger partial charge in [0.25, 0.3) is 0 Å². The molecule has 4 N–H and O–H groups in total. The number of amides is 2. The van der Waals surface area contributed by atoms with Crippen LogP contribution in [0.4, 0.5) is 5.69 Å². The summed E-state index contributed by atoms with van der Waals surface area (Å²) in [6.07, 6.45) is 0.791. The van der Waals surface area contributed by atoms with Crippen molar-refractivity contribution < 1.29 is 9.59 Å². The van der Waals surface area contributed by atoms with Gasteiger partial charge < -0.3 is 11.1 Å². The average Bonchev–Trinajstić information content (AvgIpc) is 2.89. The fourth-order valence-corrected chi connectivity index (χ4v) is 2.87. The van der Waals surface area contributed by atoms with Crippen molar-refractivity contribution in [1.29, 1.82) is 0 Å². The lowest BCUT2D eigenvalue weighted by atomic mass is 10.2. The van der Waals surface area contributed by atoms with Crippen LogP contribution in [0.3, 0.4) is 0 Å². The number of primary amides is 1. The molecular formula is C15H19N5O3S. The predicted molar refractivity (Wildman–Crippen MR) is 92.0 cm³/mol. The third kappa shape index (κ3) is 4.25. The Morgan fingerprint density at radius 3 is 2.62 bits per heavy atom. The molecule has 1 aromatic heterocycles. The largest absolute Gasteiger partial charge is 0.366 e. The summed E-state index contributed by atoms with van der Waals surface area (Å²) >= 11 is 1.20. The maximum absolute atomic E-state index is 12.3. The Labute approximate surface area is 142 Å². The van der Waals surface area contributed by atoms with E-state index in [0.717, 1.165) is 6.42 Å². The lowest BCUT2D eigenvalue weighted by molar-refractivity contribution is -0.115. The fraction of sp³-hybridized carbons (Fsp3) is 0.333. The van der Waals surface area contributed by atoms with Gasteiger partial charge in [-0.15, -0.1) is 5.10 Å². The van der Waals surface area contributed by atoms with Crippen molar-refractivity contribution >= 4 is 29.3 Å². The minimum atomic E-state index is -0.524. The highest BCUT2D eigenvalue weighted by Gasteiger charge is 2.19. The van der Waals surface area contributed by atoms with E-state index in [9.17, 15) is 14.4 Å². The molecule has 24 heavy (non-hydrogen) atoms. The quantitative estimate of drug-likeness (QED) is 0.648. The van der Waals surface area contributed by atoms with E-state index in [4.69, 9.17) is 5.73 Å². The Bertz CT molecular complexity index is 781. The Hall–Kier alpha value is -2.55. The topological polar surface area (TPSA) is 123 Å². The van der Waals surface area contributed by atoms with Gasteiger partial charge in [0.1, 0.15) is 0 Å². The minimum absolute atomic E-state index is 0.231. The van der Waals surface area contributed by atoms with E-state index in [1.54, 1.807) is 31.2 Å². The second kappa shape index (κ2) is 7.82. The van der Waals surface area contributed by atoms with Crippen LogP contribution in [0.1, 0.15) is 30.6 Å². The standard InChI is InChI=1S/C15H19N5O3S/c1-3-8-20-14(23)18-19-15(20)24-9(2)13(22)17-11-6-4-10(5-7-11)12(16)21/h4-7,9H,3,8H2,1-2H3,(H2,16,21)(H,17,22)(H,18,23)/t9-/m0/s1. The third-order valence-electron chi connectivity index (χ3n) is 3.26. The number of hydrogen-bond donors (Lipinski definition) is 3. The van der Waals surface area contributed by atoms with E-state index < -0.39 is 11.2 Å². The summed E-state index contributed by atoms with van der Waals surface area (Å²) < 4.78 is 1.51. The zero-order valence-electron chi connectivity index (χ0n) is 13.4. The summed E-state index contributed by atoms with van der Waals surface area (Å²) in [7, 11) is 0. The first-order valence-electron chi connectivity index (χ1n) is 7.45. The highest BCUT2D eigenvalue weighted by Crippen LogP contribution is 2.21. The summed E-state index contributed by atoms with van der Waals surface area (Å²) in [5.74, 6) is -0.755. The molecule has 0 aliphatic carbocycles. The van der Waals surface area contributed by atoms with Crippen LogP contribution >= 0.6 is 11.8 Å². The van der Waals surface area contributed by atoms with Gasteiger partial charge in [0.05, 0.1) is 5.25 Å². The SMILES string of the molecule is CCCn1c(S[C@@H](C)C(=O)Nc2ccc(C(N)=O)cc2)n[nH]c1=O. The van der Waals surface area contributed by atoms with Gasteiger partial charge in [0, 0.05) is 17.8 Å². The van der Waals surface area contributed by atoms with Crippen molar-refractivity contribution in [2.75, 3.05) is 5.32 Å². The van der Waals surface area contributed by atoms with Crippen molar-refractivity contribution in [2.45, 2.75) is 37.2 Å². The molecule has 0 aliphatic rings. The number of carbonyl (C=O) groups is 2. The molecule has 2 aromatic rings. The monoisotopic (exact) mass is 349 g/mol. The van der Waals surface area contributed by atoms with Crippen molar-refractivity contribution in [1.82, 2.24) is 14.8 Å². The molecule has 0 aliphatic heterocycles. The van der Waals surface area contributed by atoms with Crippen LogP contribution in [0.15, 0.2) is 34.2 Å². The van der Waals surface area contributed by atoms with Crippen LogP contribution in [-0.4, -0.2) is 31.8 Å². The summed E-state index contributed by atoms with van der Waals surface area (Å²) in [6, 6.07) is 6.30. The molecule has 2 rings (SSSR count). The van der Waals surface area contributed by atoms with Crippen LogP contribution < -0.4 is 16.7 Å². The molecule has 2 amide bonds. The Balaban J connectivity index is 2.02. The molecule has 0 bridgehead atoms. The van der Waals surface area contributed by atoms with Gasteiger partial charge in [-0.3, -0.25) is 14.2 Å². The maximum Gasteiger partial charge on any atom is 0.343 e. The molecule has 0 fully saturated rings. The molecule has 0 radical (unpaired) electrons. The first kappa shape index (κ1) is 17.8. The second-order valence-corrected chi connectivity index (χ2v) is 6.46. The molecule has 0 spiro atoms. The Morgan fingerprint density at radius 2 is 2.04 bits per heavy atom. The van der Waals surface area contributed by atoms with Crippen molar-refractivity contribution in [3.63, 3.8) is 0 Å². The van der Waals surface area contributed by atoms with Gasteiger partial charge in [-0.25, -0.2) is 9.89 Å². The molecule has 9 heteroatoms. The maximum atomic E-state index is 12.3. The van der Waals surface area contributed by atoms with Crippen LogP contribution in [-0.2, 0) is 11.3 Å². The summed E-state index contributed by atoms with van der Waals surface area (Å²) in [5, 5.41) is 9.12. The van der Waals surface area contributed by atoms with Gasteiger partial charge in [-0.1, -0.05) is 18.7 Å². The highest BCUT2D eigenvalue weighted by atomic mass is 32.2. The number of thioether (sulfide) groups is 1. The van der Waals surface area contributed by atoms with Crippen LogP contribution in [0, 0.1) is 0 Å². The number of H-pyrrole nitrogens is 1. The van der Waals surface area contributed by atoms with Gasteiger partial charge in [-0.2, -0.15) is 0 Å². The van der Waals surface area contributed by atoms with E-state index in [2.05, 4.69) is 15.5 Å². The zero-order valence-corrected chi connectivity index (χ0v) is 14.2. The van der Waals surface area contributed by atoms with Crippen LogP contribution in [0.5, 0.6) is 0 Å². The zero-order chi connectivity index (χ0) is 17.7. The van der Waals surface area contributed by atoms with Crippen molar-refractivity contribution in [3.8, 4) is 0 Å². The minimum Gasteiger partial charge on any atom is -0.366 e. The number of nitrogens with zero attached hydrogens (tertiary/aromatic N) is 2. The van der Waals surface area contributed by atoms with Crippen LogP contribution in [0.2, 0.25) is 0 Å².